The summed E-state index contributed by atoms with van der Waals surface area (Å²) in [6.07, 6.45) is 3.10. The van der Waals surface area contributed by atoms with Gasteiger partial charge < -0.3 is 5.32 Å². The van der Waals surface area contributed by atoms with E-state index in [0.29, 0.717) is 22.2 Å². The first-order chi connectivity index (χ1) is 13.7. The van der Waals surface area contributed by atoms with Crippen molar-refractivity contribution in [2.24, 2.45) is 0 Å². The lowest BCUT2D eigenvalue weighted by Gasteiger charge is -2.06. The van der Waals surface area contributed by atoms with Crippen molar-refractivity contribution in [3.05, 3.63) is 83.9 Å². The van der Waals surface area contributed by atoms with Gasteiger partial charge in [0.1, 0.15) is 18.0 Å². The average molecular weight is 391 g/mol. The molecule has 0 radical (unpaired) electrons. The first-order valence-electron chi connectivity index (χ1n) is 8.33. The van der Waals surface area contributed by atoms with Crippen molar-refractivity contribution < 1.29 is 9.18 Å². The number of nitrogens with zero attached hydrogens (tertiary/aromatic N) is 3. The highest BCUT2D eigenvalue weighted by Crippen LogP contribution is 2.25. The van der Waals surface area contributed by atoms with Gasteiger partial charge in [0, 0.05) is 28.4 Å². The molecule has 6 nitrogen and oxygen atoms in total. The molecule has 0 aliphatic heterocycles. The number of amides is 1. The Bertz CT molecular complexity index is 1080. The van der Waals surface area contributed by atoms with Crippen molar-refractivity contribution in [2.45, 2.75) is 0 Å². The number of carbonyl (C=O) groups is 1. The molecule has 0 atom stereocenters. The molecule has 0 saturated carbocycles. The van der Waals surface area contributed by atoms with E-state index in [1.54, 1.807) is 48.7 Å². The Kier molecular flexibility index (Phi) is 5.03. The third-order valence-corrected chi connectivity index (χ3v) is 4.62. The number of nitrogens with one attached hydrogen (secondary N) is 2. The molecule has 138 valence electrons. The van der Waals surface area contributed by atoms with Gasteiger partial charge in [-0.25, -0.2) is 19.3 Å². The number of thiazole rings is 1. The number of anilines is 3. The summed E-state index contributed by atoms with van der Waals surface area (Å²) in [5.41, 5.74) is 2.79. The van der Waals surface area contributed by atoms with Gasteiger partial charge in [0.25, 0.3) is 5.91 Å². The lowest BCUT2D eigenvalue weighted by molar-refractivity contribution is 0.102. The van der Waals surface area contributed by atoms with Crippen LogP contribution in [0.1, 0.15) is 10.4 Å². The molecule has 0 fully saturated rings. The Morgan fingerprint density at radius 1 is 1.00 bits per heavy atom. The van der Waals surface area contributed by atoms with E-state index in [1.165, 1.54) is 29.8 Å². The molecule has 4 aromatic rings. The number of aromatic nitrogens is 3. The van der Waals surface area contributed by atoms with Crippen LogP contribution in [0.5, 0.6) is 0 Å². The van der Waals surface area contributed by atoms with Crippen molar-refractivity contribution in [1.29, 1.82) is 0 Å². The standard InChI is InChI=1S/C20H14FN5OS/c21-15-5-1-13(2-6-15)17-11-28-20(25-17)26-19(27)14-3-7-16(8-4-14)24-18-9-10-22-12-23-18/h1-12H,(H,22,23,24)(H,25,26,27). The van der Waals surface area contributed by atoms with Gasteiger partial charge in [-0.1, -0.05) is 0 Å². The summed E-state index contributed by atoms with van der Waals surface area (Å²) in [5.74, 6) is 0.113. The van der Waals surface area contributed by atoms with Crippen molar-refractivity contribution in [3.63, 3.8) is 0 Å². The summed E-state index contributed by atoms with van der Waals surface area (Å²) in [5, 5.41) is 8.20. The highest BCUT2D eigenvalue weighted by atomic mass is 32.1. The molecule has 0 spiro atoms. The molecule has 2 aromatic heterocycles. The molecular formula is C20H14FN5OS. The second kappa shape index (κ2) is 7.93. The first kappa shape index (κ1) is 17.7. The molecule has 2 N–H and O–H groups in total. The molecule has 28 heavy (non-hydrogen) atoms. The predicted octanol–water partition coefficient (Wildman–Crippen LogP) is 4.74. The van der Waals surface area contributed by atoms with E-state index in [1.807, 2.05) is 5.38 Å². The zero-order valence-corrected chi connectivity index (χ0v) is 15.3. The first-order valence-corrected chi connectivity index (χ1v) is 9.21. The summed E-state index contributed by atoms with van der Waals surface area (Å²) in [6.45, 7) is 0. The summed E-state index contributed by atoms with van der Waals surface area (Å²) < 4.78 is 13.0. The smallest absolute Gasteiger partial charge is 0.257 e. The van der Waals surface area contributed by atoms with Crippen molar-refractivity contribution in [3.8, 4) is 11.3 Å². The lowest BCUT2D eigenvalue weighted by atomic mass is 10.2. The van der Waals surface area contributed by atoms with Crippen molar-refractivity contribution >= 4 is 33.9 Å². The van der Waals surface area contributed by atoms with Gasteiger partial charge in [0.2, 0.25) is 0 Å². The van der Waals surface area contributed by atoms with E-state index >= 15 is 0 Å². The Labute approximate surface area is 164 Å². The predicted molar refractivity (Wildman–Crippen MR) is 107 cm³/mol. The second-order valence-electron chi connectivity index (χ2n) is 5.80. The Balaban J connectivity index is 1.42. The molecule has 0 aliphatic carbocycles. The van der Waals surface area contributed by atoms with E-state index in [-0.39, 0.29) is 11.7 Å². The van der Waals surface area contributed by atoms with E-state index in [2.05, 4.69) is 25.6 Å². The minimum Gasteiger partial charge on any atom is -0.340 e. The van der Waals surface area contributed by atoms with Crippen LogP contribution >= 0.6 is 11.3 Å². The summed E-state index contributed by atoms with van der Waals surface area (Å²) in [4.78, 5) is 24.8. The Morgan fingerprint density at radius 2 is 1.79 bits per heavy atom. The molecule has 0 bridgehead atoms. The molecule has 8 heteroatoms. The molecule has 1 amide bonds. The molecule has 0 unspecified atom stereocenters. The number of rotatable bonds is 5. The van der Waals surface area contributed by atoms with Crippen LogP contribution in [-0.2, 0) is 0 Å². The largest absolute Gasteiger partial charge is 0.340 e. The number of carbonyl (C=O) groups excluding carboxylic acids is 1. The van der Waals surface area contributed by atoms with Crippen molar-refractivity contribution in [2.75, 3.05) is 10.6 Å². The van der Waals surface area contributed by atoms with E-state index in [9.17, 15) is 9.18 Å². The minimum atomic E-state index is -0.301. The van der Waals surface area contributed by atoms with E-state index < -0.39 is 0 Å². The van der Waals surface area contributed by atoms with Crippen LogP contribution in [0, 0.1) is 5.82 Å². The monoisotopic (exact) mass is 391 g/mol. The molecule has 4 rings (SSSR count). The van der Waals surface area contributed by atoms with Gasteiger partial charge >= 0.3 is 0 Å². The van der Waals surface area contributed by atoms with Crippen LogP contribution in [0.15, 0.2) is 72.5 Å². The Hall–Kier alpha value is -3.65. The Morgan fingerprint density at radius 3 is 2.50 bits per heavy atom. The summed E-state index contributed by atoms with van der Waals surface area (Å²) >= 11 is 1.31. The molecule has 0 saturated heterocycles. The zero-order chi connectivity index (χ0) is 19.3. The maximum atomic E-state index is 13.0. The van der Waals surface area contributed by atoms with Crippen LogP contribution in [0.25, 0.3) is 11.3 Å². The van der Waals surface area contributed by atoms with Crippen LogP contribution in [0.3, 0.4) is 0 Å². The molecule has 2 aromatic carbocycles. The second-order valence-corrected chi connectivity index (χ2v) is 6.65. The van der Waals surface area contributed by atoms with E-state index in [4.69, 9.17) is 0 Å². The molecular weight excluding hydrogens is 377 g/mol. The normalized spacial score (nSPS) is 10.5. The van der Waals surface area contributed by atoms with Gasteiger partial charge in [0.15, 0.2) is 5.13 Å². The zero-order valence-electron chi connectivity index (χ0n) is 14.5. The summed E-state index contributed by atoms with van der Waals surface area (Å²) in [6, 6.07) is 14.8. The van der Waals surface area contributed by atoms with Gasteiger partial charge in [-0.15, -0.1) is 11.3 Å². The van der Waals surface area contributed by atoms with Crippen LogP contribution in [0.4, 0.5) is 21.0 Å². The fourth-order valence-corrected chi connectivity index (χ4v) is 3.19. The fourth-order valence-electron chi connectivity index (χ4n) is 2.47. The number of hydrogen-bond donors (Lipinski definition) is 2. The van der Waals surface area contributed by atoms with Gasteiger partial charge in [-0.05, 0) is 54.6 Å². The van der Waals surface area contributed by atoms with Gasteiger partial charge in [-0.3, -0.25) is 10.1 Å². The third-order valence-electron chi connectivity index (χ3n) is 3.87. The lowest BCUT2D eigenvalue weighted by Crippen LogP contribution is -2.11. The minimum absolute atomic E-state index is 0.256. The van der Waals surface area contributed by atoms with Gasteiger partial charge in [0.05, 0.1) is 5.69 Å². The van der Waals surface area contributed by atoms with Crippen LogP contribution in [-0.4, -0.2) is 20.9 Å². The molecule has 0 aliphatic rings. The van der Waals surface area contributed by atoms with E-state index in [0.717, 1.165) is 11.3 Å². The number of hydrogen-bond acceptors (Lipinski definition) is 6. The SMILES string of the molecule is O=C(Nc1nc(-c2ccc(F)cc2)cs1)c1ccc(Nc2ccncn2)cc1. The quantitative estimate of drug-likeness (QED) is 0.514. The maximum absolute atomic E-state index is 13.0. The van der Waals surface area contributed by atoms with Crippen LogP contribution < -0.4 is 10.6 Å². The third kappa shape index (κ3) is 4.18. The summed E-state index contributed by atoms with van der Waals surface area (Å²) in [7, 11) is 0. The molecule has 2 heterocycles. The maximum Gasteiger partial charge on any atom is 0.257 e. The van der Waals surface area contributed by atoms with Gasteiger partial charge in [-0.2, -0.15) is 0 Å². The average Bonchev–Trinajstić information content (AvgIpc) is 3.18. The topological polar surface area (TPSA) is 79.8 Å². The highest BCUT2D eigenvalue weighted by molar-refractivity contribution is 7.14. The highest BCUT2D eigenvalue weighted by Gasteiger charge is 2.10. The van der Waals surface area contributed by atoms with Crippen molar-refractivity contribution in [1.82, 2.24) is 15.0 Å². The number of halogens is 1. The fraction of sp³-hybridized carbons (Fsp3) is 0. The van der Waals surface area contributed by atoms with Crippen LogP contribution in [0.2, 0.25) is 0 Å². The number of benzene rings is 2.